The molecule has 1 N–H and O–H groups in total. The number of aromatic nitrogens is 3. The molecule has 0 saturated carbocycles. The van der Waals surface area contributed by atoms with Gasteiger partial charge in [-0.05, 0) is 26.0 Å². The summed E-state index contributed by atoms with van der Waals surface area (Å²) in [6.07, 6.45) is 0. The van der Waals surface area contributed by atoms with Crippen LogP contribution in [0.15, 0.2) is 39.8 Å². The van der Waals surface area contributed by atoms with Gasteiger partial charge in [-0.25, -0.2) is 9.37 Å². The van der Waals surface area contributed by atoms with Gasteiger partial charge in [-0.2, -0.15) is 9.78 Å². The van der Waals surface area contributed by atoms with Gasteiger partial charge in [-0.15, -0.1) is 22.7 Å². The second-order valence-electron chi connectivity index (χ2n) is 6.21. The van der Waals surface area contributed by atoms with Crippen LogP contribution in [-0.2, 0) is 6.67 Å². The van der Waals surface area contributed by atoms with Crippen LogP contribution < -0.4 is 10.9 Å². The smallest absolute Gasteiger partial charge is 0.280 e. The quantitative estimate of drug-likeness (QED) is 0.542. The van der Waals surface area contributed by atoms with Crippen LogP contribution in [0.4, 0.5) is 9.52 Å². The highest BCUT2D eigenvalue weighted by molar-refractivity contribution is 7.14. The van der Waals surface area contributed by atoms with Crippen molar-refractivity contribution in [1.82, 2.24) is 14.8 Å². The molecule has 0 aliphatic heterocycles. The molecule has 3 aromatic heterocycles. The molecule has 0 saturated heterocycles. The third-order valence-corrected chi connectivity index (χ3v) is 5.96. The minimum absolute atomic E-state index is 0.122. The van der Waals surface area contributed by atoms with Crippen LogP contribution in [0.3, 0.4) is 0 Å². The third-order valence-electron chi connectivity index (χ3n) is 4.24. The molecule has 0 radical (unpaired) electrons. The minimum atomic E-state index is -0.698. The summed E-state index contributed by atoms with van der Waals surface area (Å²) in [5.74, 6) is -0.497. The van der Waals surface area contributed by atoms with Gasteiger partial charge in [0.2, 0.25) is 0 Å². The predicted octanol–water partition coefficient (Wildman–Crippen LogP) is 4.24. The zero-order valence-electron chi connectivity index (χ0n) is 15.0. The molecule has 0 atom stereocenters. The Morgan fingerprint density at radius 3 is 2.61 bits per heavy atom. The van der Waals surface area contributed by atoms with Gasteiger partial charge in [-0.3, -0.25) is 14.9 Å². The zero-order valence-corrected chi connectivity index (χ0v) is 16.7. The van der Waals surface area contributed by atoms with Gasteiger partial charge in [0.05, 0.1) is 16.8 Å². The van der Waals surface area contributed by atoms with Crippen molar-refractivity contribution in [3.05, 3.63) is 67.2 Å². The summed E-state index contributed by atoms with van der Waals surface area (Å²) >= 11 is 2.52. The Balaban J connectivity index is 1.85. The fraction of sp³-hybridized carbons (Fsp3) is 0.158. The van der Waals surface area contributed by atoms with Gasteiger partial charge in [-0.1, -0.05) is 17.7 Å². The summed E-state index contributed by atoms with van der Waals surface area (Å²) in [5.41, 5.74) is 1.73. The van der Waals surface area contributed by atoms with Crippen molar-refractivity contribution in [2.45, 2.75) is 20.5 Å². The fourth-order valence-corrected chi connectivity index (χ4v) is 4.33. The molecule has 0 spiro atoms. The first kappa shape index (κ1) is 18.5. The number of nitrogens with zero attached hydrogens (tertiary/aromatic N) is 3. The maximum Gasteiger partial charge on any atom is 0.280 e. The number of benzene rings is 1. The number of carbonyl (C=O) groups excluding carboxylic acids is 1. The highest BCUT2D eigenvalue weighted by atomic mass is 32.1. The Hall–Kier alpha value is -2.91. The number of carbonyl (C=O) groups is 1. The van der Waals surface area contributed by atoms with E-state index in [4.69, 9.17) is 0 Å². The van der Waals surface area contributed by atoms with Gasteiger partial charge < -0.3 is 0 Å². The van der Waals surface area contributed by atoms with Crippen LogP contribution in [0.5, 0.6) is 0 Å². The molecule has 28 heavy (non-hydrogen) atoms. The van der Waals surface area contributed by atoms with Crippen LogP contribution in [0, 0.1) is 13.8 Å². The number of aryl methyl sites for hydroxylation is 2. The lowest BCUT2D eigenvalue weighted by Crippen LogP contribution is -2.26. The zero-order chi connectivity index (χ0) is 19.8. The highest BCUT2D eigenvalue weighted by Gasteiger charge is 2.21. The molecule has 6 nitrogen and oxygen atoms in total. The molecule has 1 amide bonds. The number of alkyl halides is 1. The number of thiophene rings is 1. The van der Waals surface area contributed by atoms with Crippen molar-refractivity contribution < 1.29 is 9.18 Å². The van der Waals surface area contributed by atoms with Crippen LogP contribution in [0.2, 0.25) is 0 Å². The first-order chi connectivity index (χ1) is 13.5. The lowest BCUT2D eigenvalue weighted by Gasteiger charge is -2.09. The van der Waals surface area contributed by atoms with E-state index < -0.39 is 12.6 Å². The molecule has 0 fully saturated rings. The molecule has 4 rings (SSSR count). The first-order valence-corrected chi connectivity index (χ1v) is 10.1. The molecular weight excluding hydrogens is 399 g/mol. The molecule has 9 heteroatoms. The van der Waals surface area contributed by atoms with Crippen LogP contribution in [-0.4, -0.2) is 20.7 Å². The Kier molecular flexibility index (Phi) is 4.78. The predicted molar refractivity (Wildman–Crippen MR) is 110 cm³/mol. The topological polar surface area (TPSA) is 76.9 Å². The molecule has 0 aliphatic rings. The summed E-state index contributed by atoms with van der Waals surface area (Å²) < 4.78 is 13.9. The summed E-state index contributed by atoms with van der Waals surface area (Å²) in [6, 6.07) is 7.32. The van der Waals surface area contributed by atoms with E-state index in [-0.39, 0.29) is 22.1 Å². The van der Waals surface area contributed by atoms with Crippen molar-refractivity contribution in [2.75, 3.05) is 5.32 Å². The summed E-state index contributed by atoms with van der Waals surface area (Å²) in [5, 5.41) is 11.5. The molecule has 3 heterocycles. The minimum Gasteiger partial charge on any atom is -0.296 e. The van der Waals surface area contributed by atoms with Crippen molar-refractivity contribution in [1.29, 1.82) is 0 Å². The van der Waals surface area contributed by atoms with Crippen molar-refractivity contribution in [3.8, 4) is 5.69 Å². The van der Waals surface area contributed by atoms with E-state index in [9.17, 15) is 14.0 Å². The van der Waals surface area contributed by atoms with Crippen molar-refractivity contribution in [3.63, 3.8) is 0 Å². The maximum atomic E-state index is 13.0. The van der Waals surface area contributed by atoms with Crippen molar-refractivity contribution >= 4 is 44.5 Å². The van der Waals surface area contributed by atoms with Gasteiger partial charge >= 0.3 is 0 Å². The normalized spacial score (nSPS) is 11.1. The third kappa shape index (κ3) is 3.23. The number of nitrogens with one attached hydrogen (secondary N) is 1. The Bertz CT molecular complexity index is 1240. The number of halogens is 1. The van der Waals surface area contributed by atoms with Crippen LogP contribution >= 0.6 is 22.7 Å². The SMILES string of the molecule is Cc1ccc(-n2nc(C(=O)Nc3nc(CF)cs3)c3csc(C)c3c2=O)cc1. The van der Waals surface area contributed by atoms with Gasteiger partial charge in [0.15, 0.2) is 10.8 Å². The average molecular weight is 414 g/mol. The lowest BCUT2D eigenvalue weighted by atomic mass is 10.2. The number of anilines is 1. The molecule has 1 aromatic carbocycles. The van der Waals surface area contributed by atoms with E-state index in [1.165, 1.54) is 16.0 Å². The second kappa shape index (κ2) is 7.25. The molecule has 0 bridgehead atoms. The second-order valence-corrected chi connectivity index (χ2v) is 8.16. The standard InChI is InChI=1S/C19H15FN4O2S2/c1-10-3-5-13(6-4-10)24-18(26)15-11(2)27-9-14(15)16(23-24)17(25)22-19-21-12(7-20)8-28-19/h3-6,8-9H,7H2,1-2H3,(H,21,22,25). The number of fused-ring (bicyclic) bond motifs is 1. The number of amides is 1. The molecule has 142 valence electrons. The van der Waals surface area contributed by atoms with Crippen LogP contribution in [0.25, 0.3) is 16.5 Å². The lowest BCUT2D eigenvalue weighted by molar-refractivity contribution is 0.102. The first-order valence-electron chi connectivity index (χ1n) is 8.38. The van der Waals surface area contributed by atoms with E-state index in [1.54, 1.807) is 22.9 Å². The monoisotopic (exact) mass is 414 g/mol. The van der Waals surface area contributed by atoms with E-state index in [0.717, 1.165) is 21.8 Å². The molecule has 0 aliphatic carbocycles. The van der Waals surface area contributed by atoms with Crippen molar-refractivity contribution in [2.24, 2.45) is 0 Å². The van der Waals surface area contributed by atoms with Crippen LogP contribution in [0.1, 0.15) is 26.6 Å². The number of thiazole rings is 1. The Labute approximate surface area is 167 Å². The Morgan fingerprint density at radius 1 is 1.18 bits per heavy atom. The van der Waals surface area contributed by atoms with E-state index >= 15 is 0 Å². The maximum absolute atomic E-state index is 13.0. The highest BCUT2D eigenvalue weighted by Crippen LogP contribution is 2.26. The van der Waals surface area contributed by atoms with Gasteiger partial charge in [0.1, 0.15) is 6.67 Å². The Morgan fingerprint density at radius 2 is 1.93 bits per heavy atom. The molecule has 0 unspecified atom stereocenters. The number of hydrogen-bond acceptors (Lipinski definition) is 6. The largest absolute Gasteiger partial charge is 0.296 e. The van der Waals surface area contributed by atoms with E-state index in [0.29, 0.717) is 16.5 Å². The van der Waals surface area contributed by atoms with E-state index in [2.05, 4.69) is 15.4 Å². The van der Waals surface area contributed by atoms with Gasteiger partial charge in [0.25, 0.3) is 11.5 Å². The van der Waals surface area contributed by atoms with E-state index in [1.807, 2.05) is 26.0 Å². The summed E-state index contributed by atoms with van der Waals surface area (Å²) in [6.45, 7) is 3.09. The number of hydrogen-bond donors (Lipinski definition) is 1. The molecular formula is C19H15FN4O2S2. The van der Waals surface area contributed by atoms with Gasteiger partial charge in [0, 0.05) is 21.0 Å². The molecule has 4 aromatic rings. The average Bonchev–Trinajstić information content (AvgIpc) is 3.30. The number of rotatable bonds is 4. The fourth-order valence-electron chi connectivity index (χ4n) is 2.81. The summed E-state index contributed by atoms with van der Waals surface area (Å²) in [7, 11) is 0. The summed E-state index contributed by atoms with van der Waals surface area (Å²) in [4.78, 5) is 30.7.